The molecule has 0 aliphatic heterocycles. The summed E-state index contributed by atoms with van der Waals surface area (Å²) in [5, 5.41) is 12.5. The number of unbranched alkanes of at least 4 members (excludes halogenated alkanes) is 1. The first-order chi connectivity index (χ1) is 13.4. The number of carbonyl (C=O) groups is 1. The third-order valence-electron chi connectivity index (χ3n) is 4.87. The van der Waals surface area contributed by atoms with Crippen LogP contribution >= 0.6 is 11.8 Å². The molecule has 0 aliphatic carbocycles. The third kappa shape index (κ3) is 5.82. The maximum Gasteiger partial charge on any atom is 0.237 e. The van der Waals surface area contributed by atoms with E-state index in [1.165, 1.54) is 22.2 Å². The quantitative estimate of drug-likeness (QED) is 0.597. The zero-order valence-electron chi connectivity index (χ0n) is 18.0. The molecule has 6 nitrogen and oxygen atoms in total. The summed E-state index contributed by atoms with van der Waals surface area (Å²) >= 11 is 1.48. The van der Waals surface area contributed by atoms with Crippen molar-refractivity contribution in [3.8, 4) is 0 Å². The van der Waals surface area contributed by atoms with Crippen molar-refractivity contribution in [2.75, 3.05) is 19.4 Å². The van der Waals surface area contributed by atoms with E-state index in [1.807, 2.05) is 38.1 Å². The summed E-state index contributed by atoms with van der Waals surface area (Å²) in [6.07, 6.45) is 3.18. The lowest BCUT2D eigenvalue weighted by molar-refractivity contribution is -0.893. The van der Waals surface area contributed by atoms with Gasteiger partial charge in [0, 0.05) is 18.7 Å². The van der Waals surface area contributed by atoms with E-state index in [1.54, 1.807) is 0 Å². The number of rotatable bonds is 10. The Morgan fingerprint density at radius 3 is 2.46 bits per heavy atom. The molecule has 0 aliphatic rings. The lowest BCUT2D eigenvalue weighted by atomic mass is 10.2. The maximum absolute atomic E-state index is 12.6. The summed E-state index contributed by atoms with van der Waals surface area (Å²) in [4.78, 5) is 14.0. The predicted octanol–water partition coefficient (Wildman–Crippen LogP) is 3.10. The first kappa shape index (κ1) is 22.4. The predicted molar refractivity (Wildman–Crippen MR) is 116 cm³/mol. The smallest absolute Gasteiger partial charge is 0.237 e. The van der Waals surface area contributed by atoms with E-state index in [-0.39, 0.29) is 11.2 Å². The number of quaternary nitrogens is 1. The molecule has 0 saturated carbocycles. The zero-order valence-corrected chi connectivity index (χ0v) is 18.8. The Labute approximate surface area is 173 Å². The van der Waals surface area contributed by atoms with Crippen LogP contribution in [-0.4, -0.2) is 40.0 Å². The molecule has 0 saturated heterocycles. The van der Waals surface area contributed by atoms with Crippen LogP contribution in [0.5, 0.6) is 0 Å². The monoisotopic (exact) mass is 404 g/mol. The van der Waals surface area contributed by atoms with Gasteiger partial charge in [-0.2, -0.15) is 0 Å². The number of hydrogen-bond acceptors (Lipinski definition) is 4. The number of nitrogens with one attached hydrogen (secondary N) is 2. The first-order valence-corrected chi connectivity index (χ1v) is 11.0. The van der Waals surface area contributed by atoms with Crippen LogP contribution in [-0.2, 0) is 11.3 Å². The van der Waals surface area contributed by atoms with Crippen LogP contribution in [0.2, 0.25) is 0 Å². The van der Waals surface area contributed by atoms with Crippen LogP contribution in [0.1, 0.15) is 57.5 Å². The molecule has 2 atom stereocenters. The molecule has 28 heavy (non-hydrogen) atoms. The SMILES string of the molecule is CCCCn1c(S[C@@H](C)C(=O)Nc2ccc(C)cc2)nnc1[C@H](CC)[NH+](C)C. The number of amides is 1. The van der Waals surface area contributed by atoms with Crippen LogP contribution in [0.4, 0.5) is 5.69 Å². The average Bonchev–Trinajstić information content (AvgIpc) is 3.04. The molecule has 0 fully saturated rings. The normalized spacial score (nSPS) is 13.5. The van der Waals surface area contributed by atoms with Crippen molar-refractivity contribution in [3.63, 3.8) is 0 Å². The Morgan fingerprint density at radius 1 is 1.21 bits per heavy atom. The Bertz CT molecular complexity index is 757. The van der Waals surface area contributed by atoms with E-state index in [9.17, 15) is 4.79 Å². The number of hydrogen-bond donors (Lipinski definition) is 2. The molecule has 0 spiro atoms. The van der Waals surface area contributed by atoms with Crippen LogP contribution in [0.3, 0.4) is 0 Å². The van der Waals surface area contributed by atoms with Gasteiger partial charge in [-0.05, 0) is 32.4 Å². The fourth-order valence-electron chi connectivity index (χ4n) is 3.11. The van der Waals surface area contributed by atoms with Gasteiger partial charge in [0.1, 0.15) is 6.04 Å². The number of thioether (sulfide) groups is 1. The van der Waals surface area contributed by atoms with Crippen molar-refractivity contribution in [2.45, 2.75) is 70.0 Å². The fourth-order valence-corrected chi connectivity index (χ4v) is 4.00. The Hall–Kier alpha value is -1.86. The average molecular weight is 405 g/mol. The van der Waals surface area contributed by atoms with E-state index in [2.05, 4.69) is 48.0 Å². The molecular weight excluding hydrogens is 370 g/mol. The van der Waals surface area contributed by atoms with Crippen molar-refractivity contribution in [2.24, 2.45) is 0 Å². The molecule has 0 radical (unpaired) electrons. The van der Waals surface area contributed by atoms with Crippen molar-refractivity contribution >= 4 is 23.4 Å². The number of carbonyl (C=O) groups excluding carboxylic acids is 1. The van der Waals surface area contributed by atoms with Crippen molar-refractivity contribution in [1.82, 2.24) is 14.8 Å². The summed E-state index contributed by atoms with van der Waals surface area (Å²) in [5.74, 6) is 0.996. The van der Waals surface area contributed by atoms with Gasteiger partial charge in [0.25, 0.3) is 0 Å². The van der Waals surface area contributed by atoms with Gasteiger partial charge in [0.2, 0.25) is 5.91 Å². The number of aryl methyl sites for hydroxylation is 1. The summed E-state index contributed by atoms with van der Waals surface area (Å²) in [6, 6.07) is 8.15. The molecule has 1 amide bonds. The standard InChI is InChI=1S/C21H33N5OS/c1-7-9-14-26-19(18(8-2)25(5)6)23-24-21(26)28-16(4)20(27)22-17-12-10-15(3)11-13-17/h10-13,16,18H,7-9,14H2,1-6H3,(H,22,27)/p+1/t16-,18-/m0/s1. The van der Waals surface area contributed by atoms with Gasteiger partial charge in [-0.15, -0.1) is 10.2 Å². The van der Waals surface area contributed by atoms with Gasteiger partial charge >= 0.3 is 0 Å². The van der Waals surface area contributed by atoms with Crippen molar-refractivity contribution in [3.05, 3.63) is 35.7 Å². The van der Waals surface area contributed by atoms with Crippen molar-refractivity contribution in [1.29, 1.82) is 0 Å². The summed E-state index contributed by atoms with van der Waals surface area (Å²) in [5.41, 5.74) is 1.99. The number of anilines is 1. The maximum atomic E-state index is 12.6. The molecular formula is C21H34N5OS+. The van der Waals surface area contributed by atoms with Gasteiger partial charge in [-0.1, -0.05) is 49.7 Å². The van der Waals surface area contributed by atoms with Gasteiger partial charge in [-0.3, -0.25) is 4.79 Å². The number of benzene rings is 1. The van der Waals surface area contributed by atoms with E-state index >= 15 is 0 Å². The van der Waals surface area contributed by atoms with E-state index in [0.29, 0.717) is 6.04 Å². The number of nitrogens with zero attached hydrogens (tertiary/aromatic N) is 3. The minimum Gasteiger partial charge on any atom is -0.331 e. The second kappa shape index (κ2) is 10.6. The molecule has 1 heterocycles. The van der Waals surface area contributed by atoms with Gasteiger partial charge in [0.15, 0.2) is 11.0 Å². The lowest BCUT2D eigenvalue weighted by Gasteiger charge is -2.20. The first-order valence-electron chi connectivity index (χ1n) is 10.1. The Kier molecular flexibility index (Phi) is 8.51. The summed E-state index contributed by atoms with van der Waals surface area (Å²) in [6.45, 7) is 9.20. The van der Waals surface area contributed by atoms with Crippen LogP contribution in [0, 0.1) is 6.92 Å². The number of aromatic nitrogens is 3. The lowest BCUT2D eigenvalue weighted by Crippen LogP contribution is -3.06. The zero-order chi connectivity index (χ0) is 20.7. The Balaban J connectivity index is 2.15. The minimum absolute atomic E-state index is 0.0225. The van der Waals surface area contributed by atoms with E-state index in [0.717, 1.165) is 42.5 Å². The third-order valence-corrected chi connectivity index (χ3v) is 5.95. The van der Waals surface area contributed by atoms with Crippen LogP contribution in [0.15, 0.2) is 29.4 Å². The molecule has 1 aromatic heterocycles. The van der Waals surface area contributed by atoms with Gasteiger partial charge in [-0.25, -0.2) is 0 Å². The highest BCUT2D eigenvalue weighted by Crippen LogP contribution is 2.26. The summed E-state index contributed by atoms with van der Waals surface area (Å²) < 4.78 is 2.21. The second-order valence-corrected chi connectivity index (χ2v) is 8.81. The molecule has 154 valence electrons. The molecule has 2 N–H and O–H groups in total. The van der Waals surface area contributed by atoms with Gasteiger partial charge < -0.3 is 14.8 Å². The fraction of sp³-hybridized carbons (Fsp3) is 0.571. The van der Waals surface area contributed by atoms with Crippen LogP contribution in [0.25, 0.3) is 0 Å². The van der Waals surface area contributed by atoms with E-state index < -0.39 is 0 Å². The topological polar surface area (TPSA) is 64.2 Å². The minimum atomic E-state index is -0.259. The molecule has 7 heteroatoms. The molecule has 2 aromatic rings. The second-order valence-electron chi connectivity index (χ2n) is 7.50. The highest BCUT2D eigenvalue weighted by molar-refractivity contribution is 8.00. The summed E-state index contributed by atoms with van der Waals surface area (Å²) in [7, 11) is 4.30. The molecule has 0 unspecified atom stereocenters. The highest BCUT2D eigenvalue weighted by Gasteiger charge is 2.26. The molecule has 2 rings (SSSR count). The largest absolute Gasteiger partial charge is 0.331 e. The van der Waals surface area contributed by atoms with Crippen LogP contribution < -0.4 is 10.2 Å². The van der Waals surface area contributed by atoms with Crippen molar-refractivity contribution < 1.29 is 9.69 Å². The molecule has 0 bridgehead atoms. The highest BCUT2D eigenvalue weighted by atomic mass is 32.2. The van der Waals surface area contributed by atoms with E-state index in [4.69, 9.17) is 0 Å². The molecule has 1 aromatic carbocycles. The Morgan fingerprint density at radius 2 is 1.89 bits per heavy atom. The van der Waals surface area contributed by atoms with Gasteiger partial charge in [0.05, 0.1) is 19.3 Å².